The van der Waals surface area contributed by atoms with Crippen molar-refractivity contribution in [2.75, 3.05) is 45.9 Å². The molecule has 5 aliphatic rings. The topological polar surface area (TPSA) is 88.0 Å². The molecular formula is C36H49N5O4. The number of piperidine rings is 1. The van der Waals surface area contributed by atoms with Crippen LogP contribution in [0.3, 0.4) is 0 Å². The molecule has 1 aromatic heterocycles. The quantitative estimate of drug-likeness (QED) is 0.438. The predicted molar refractivity (Wildman–Crippen MR) is 170 cm³/mol. The number of likely N-dealkylation sites (tertiary alicyclic amines) is 3. The maximum atomic E-state index is 14.3. The lowest BCUT2D eigenvalue weighted by Crippen LogP contribution is -2.65. The molecule has 2 saturated carbocycles. The summed E-state index contributed by atoms with van der Waals surface area (Å²) in [6, 6.07) is 10.1. The standard InChI is InChI=1S/C36H49N5O4/c1-35(2)16-30(35)33(43)40-24-36(25-40)23-39(32(42)28-17-37-41(19-28)18-26-10-5-3-6-11-26)21-31(36)34(44)38-15-9-14-29(20-38)45-22-27-12-7-4-8-13-27/h3,5-6,10-11,17,19,27,29-31H,4,7-9,12-16,18,20-25H2,1-2H3/t29-,30-,31+/m1/s1. The Bertz CT molecular complexity index is 1390. The second kappa shape index (κ2) is 12.2. The summed E-state index contributed by atoms with van der Waals surface area (Å²) in [6.07, 6.45) is 12.8. The Kier molecular flexibility index (Phi) is 8.25. The second-order valence-electron chi connectivity index (χ2n) is 15.3. The van der Waals surface area contributed by atoms with Crippen LogP contribution < -0.4 is 0 Å². The molecule has 0 bridgehead atoms. The summed E-state index contributed by atoms with van der Waals surface area (Å²) in [5.41, 5.74) is 1.31. The molecule has 45 heavy (non-hydrogen) atoms. The van der Waals surface area contributed by atoms with Crippen LogP contribution in [0.4, 0.5) is 0 Å². The average Bonchev–Trinajstić information content (AvgIpc) is 3.35. The van der Waals surface area contributed by atoms with E-state index in [9.17, 15) is 14.4 Å². The van der Waals surface area contributed by atoms with E-state index in [4.69, 9.17) is 4.74 Å². The maximum Gasteiger partial charge on any atom is 0.257 e. The zero-order valence-electron chi connectivity index (χ0n) is 27.0. The van der Waals surface area contributed by atoms with Gasteiger partial charge >= 0.3 is 0 Å². The minimum atomic E-state index is -0.405. The molecule has 0 unspecified atom stereocenters. The van der Waals surface area contributed by atoms with Crippen LogP contribution in [0, 0.1) is 28.6 Å². The molecular weight excluding hydrogens is 566 g/mol. The Morgan fingerprint density at radius 1 is 0.867 bits per heavy atom. The van der Waals surface area contributed by atoms with Crippen LogP contribution in [0.2, 0.25) is 0 Å². The van der Waals surface area contributed by atoms with Gasteiger partial charge in [0.25, 0.3) is 5.91 Å². The molecule has 1 aromatic carbocycles. The van der Waals surface area contributed by atoms with Gasteiger partial charge in [-0.2, -0.15) is 5.10 Å². The number of rotatable bonds is 8. The van der Waals surface area contributed by atoms with Crippen LogP contribution in [-0.2, 0) is 20.9 Å². The summed E-state index contributed by atoms with van der Waals surface area (Å²) < 4.78 is 8.19. The fourth-order valence-corrected chi connectivity index (χ4v) is 8.40. The number of aromatic nitrogens is 2. The Balaban J connectivity index is 1.04. The van der Waals surface area contributed by atoms with Gasteiger partial charge in [0.1, 0.15) is 0 Å². The fraction of sp³-hybridized carbons (Fsp3) is 0.667. The molecule has 3 amide bonds. The molecule has 3 aliphatic heterocycles. The molecule has 4 heterocycles. The third-order valence-electron chi connectivity index (χ3n) is 11.4. The van der Waals surface area contributed by atoms with Crippen molar-refractivity contribution in [2.45, 2.75) is 77.9 Å². The van der Waals surface area contributed by atoms with Gasteiger partial charge in [-0.1, -0.05) is 63.4 Å². The van der Waals surface area contributed by atoms with Crippen molar-refractivity contribution in [1.29, 1.82) is 0 Å². The van der Waals surface area contributed by atoms with Gasteiger partial charge in [0, 0.05) is 63.4 Å². The zero-order valence-corrected chi connectivity index (χ0v) is 27.0. The van der Waals surface area contributed by atoms with E-state index in [-0.39, 0.29) is 41.1 Å². The molecule has 3 saturated heterocycles. The Morgan fingerprint density at radius 3 is 2.31 bits per heavy atom. The number of carbonyl (C=O) groups excluding carboxylic acids is 3. The van der Waals surface area contributed by atoms with Crippen LogP contribution in [0.5, 0.6) is 0 Å². The molecule has 9 heteroatoms. The van der Waals surface area contributed by atoms with E-state index in [1.807, 2.05) is 51.2 Å². The van der Waals surface area contributed by atoms with Gasteiger partial charge in [-0.3, -0.25) is 19.1 Å². The molecule has 5 fully saturated rings. The highest BCUT2D eigenvalue weighted by atomic mass is 16.5. The van der Waals surface area contributed by atoms with Crippen LogP contribution in [0.1, 0.15) is 81.1 Å². The number of ether oxygens (including phenoxy) is 1. The fourth-order valence-electron chi connectivity index (χ4n) is 8.40. The SMILES string of the molecule is CC1(C)C[C@@H]1C(=O)N1CC2(CN(C(=O)c3cnn(Cc4ccccc4)c3)C[C@H]2C(=O)N2CCC[C@@H](OCC3CCCCC3)C2)C1. The minimum absolute atomic E-state index is 0.0626. The number of benzene rings is 1. The van der Waals surface area contributed by atoms with Crippen LogP contribution in [0.15, 0.2) is 42.7 Å². The lowest BCUT2D eigenvalue weighted by atomic mass is 9.70. The van der Waals surface area contributed by atoms with Crippen molar-refractivity contribution >= 4 is 17.7 Å². The summed E-state index contributed by atoms with van der Waals surface area (Å²) in [5.74, 6) is 0.628. The number of hydrogen-bond donors (Lipinski definition) is 0. The number of amides is 3. The Morgan fingerprint density at radius 2 is 1.58 bits per heavy atom. The first-order valence-corrected chi connectivity index (χ1v) is 17.3. The van der Waals surface area contributed by atoms with Crippen LogP contribution in [-0.4, -0.2) is 94.2 Å². The Hall–Kier alpha value is -3.20. The van der Waals surface area contributed by atoms with Gasteiger partial charge in [0.2, 0.25) is 11.8 Å². The molecule has 9 nitrogen and oxygen atoms in total. The van der Waals surface area contributed by atoms with Crippen molar-refractivity contribution < 1.29 is 19.1 Å². The summed E-state index contributed by atoms with van der Waals surface area (Å²) in [5, 5.41) is 4.46. The summed E-state index contributed by atoms with van der Waals surface area (Å²) >= 11 is 0. The first-order valence-electron chi connectivity index (χ1n) is 17.3. The van der Waals surface area contributed by atoms with Gasteiger partial charge in [-0.05, 0) is 49.0 Å². The average molecular weight is 616 g/mol. The highest BCUT2D eigenvalue weighted by Gasteiger charge is 2.62. The lowest BCUT2D eigenvalue weighted by molar-refractivity contribution is -0.157. The van der Waals surface area contributed by atoms with Crippen molar-refractivity contribution in [3.05, 3.63) is 53.9 Å². The van der Waals surface area contributed by atoms with Gasteiger partial charge in [0.15, 0.2) is 0 Å². The van der Waals surface area contributed by atoms with Gasteiger partial charge in [-0.25, -0.2) is 0 Å². The van der Waals surface area contributed by atoms with Crippen molar-refractivity contribution in [2.24, 2.45) is 28.6 Å². The van der Waals surface area contributed by atoms with E-state index >= 15 is 0 Å². The van der Waals surface area contributed by atoms with E-state index in [0.29, 0.717) is 50.7 Å². The van der Waals surface area contributed by atoms with E-state index in [1.54, 1.807) is 10.9 Å². The van der Waals surface area contributed by atoms with E-state index < -0.39 is 5.41 Å². The van der Waals surface area contributed by atoms with Crippen LogP contribution >= 0.6 is 0 Å². The first-order chi connectivity index (χ1) is 21.7. The minimum Gasteiger partial charge on any atom is -0.376 e. The van der Waals surface area contributed by atoms with Crippen molar-refractivity contribution in [3.63, 3.8) is 0 Å². The smallest absolute Gasteiger partial charge is 0.257 e. The van der Waals surface area contributed by atoms with Gasteiger partial charge in [-0.15, -0.1) is 0 Å². The molecule has 0 N–H and O–H groups in total. The first kappa shape index (κ1) is 30.5. The number of nitrogens with zero attached hydrogens (tertiary/aromatic N) is 5. The number of hydrogen-bond acceptors (Lipinski definition) is 5. The highest BCUT2D eigenvalue weighted by Crippen LogP contribution is 2.55. The normalized spacial score (nSPS) is 27.4. The van der Waals surface area contributed by atoms with Crippen LogP contribution in [0.25, 0.3) is 0 Å². The molecule has 242 valence electrons. The molecule has 1 spiro atoms. The van der Waals surface area contributed by atoms with Gasteiger partial charge in [0.05, 0.1) is 30.3 Å². The predicted octanol–water partition coefficient (Wildman–Crippen LogP) is 4.47. The number of carbonyl (C=O) groups is 3. The van der Waals surface area contributed by atoms with Gasteiger partial charge < -0.3 is 19.4 Å². The van der Waals surface area contributed by atoms with E-state index in [2.05, 4.69) is 18.9 Å². The highest BCUT2D eigenvalue weighted by molar-refractivity contribution is 5.95. The molecule has 2 aliphatic carbocycles. The largest absolute Gasteiger partial charge is 0.376 e. The Labute approximate surface area is 267 Å². The molecule has 3 atom stereocenters. The second-order valence-corrected chi connectivity index (χ2v) is 15.3. The maximum absolute atomic E-state index is 14.3. The van der Waals surface area contributed by atoms with E-state index in [1.165, 1.54) is 32.1 Å². The lowest BCUT2D eigenvalue weighted by Gasteiger charge is -2.51. The summed E-state index contributed by atoms with van der Waals surface area (Å²) in [7, 11) is 0. The van der Waals surface area contributed by atoms with Crippen molar-refractivity contribution in [1.82, 2.24) is 24.5 Å². The summed E-state index contributed by atoms with van der Waals surface area (Å²) in [4.78, 5) is 47.2. The molecule has 7 rings (SSSR count). The third kappa shape index (κ3) is 6.29. The molecule has 0 radical (unpaired) electrons. The zero-order chi connectivity index (χ0) is 31.2. The third-order valence-corrected chi connectivity index (χ3v) is 11.4. The van der Waals surface area contributed by atoms with Crippen molar-refractivity contribution in [3.8, 4) is 0 Å². The summed E-state index contributed by atoms with van der Waals surface area (Å²) in [6.45, 7) is 8.99. The monoisotopic (exact) mass is 615 g/mol. The van der Waals surface area contributed by atoms with E-state index in [0.717, 1.165) is 38.0 Å². The molecule has 2 aromatic rings.